The number of carboxylic acid groups (broad SMARTS) is 1. The van der Waals surface area contributed by atoms with E-state index in [2.05, 4.69) is 5.10 Å². The number of carbonyl (C=O) groups is 2. The number of hydrogen-bond donors (Lipinski definition) is 1. The Bertz CT molecular complexity index is 772. The van der Waals surface area contributed by atoms with Crippen molar-refractivity contribution in [2.45, 2.75) is 33.1 Å². The van der Waals surface area contributed by atoms with Crippen molar-refractivity contribution in [1.29, 1.82) is 0 Å². The Hall–Kier alpha value is -2.63. The molecule has 6 nitrogen and oxygen atoms in total. The Morgan fingerprint density at radius 2 is 1.80 bits per heavy atom. The minimum Gasteiger partial charge on any atom is -0.481 e. The number of carbonyl (C=O) groups excluding carboxylic acids is 1. The lowest BCUT2D eigenvalue weighted by atomic mass is 9.93. The maximum atomic E-state index is 12.6. The number of aliphatic carboxylic acids is 1. The molecule has 1 aliphatic rings. The average Bonchev–Trinajstić information content (AvgIpc) is 2.93. The molecule has 0 aliphatic carbocycles. The van der Waals surface area contributed by atoms with E-state index in [-0.39, 0.29) is 18.2 Å². The van der Waals surface area contributed by atoms with Crippen molar-refractivity contribution in [1.82, 2.24) is 14.7 Å². The summed E-state index contributed by atoms with van der Waals surface area (Å²) >= 11 is 0. The topological polar surface area (TPSA) is 75.4 Å². The van der Waals surface area contributed by atoms with Crippen molar-refractivity contribution in [2.75, 3.05) is 13.1 Å². The number of rotatable bonds is 4. The quantitative estimate of drug-likeness (QED) is 0.928. The predicted octanol–water partition coefficient (Wildman–Crippen LogP) is 2.82. The summed E-state index contributed by atoms with van der Waals surface area (Å²) in [6.45, 7) is 5.20. The van der Waals surface area contributed by atoms with E-state index >= 15 is 0 Å². The van der Waals surface area contributed by atoms with Gasteiger partial charge in [0.1, 0.15) is 0 Å². The van der Waals surface area contributed by atoms with Crippen molar-refractivity contribution in [3.05, 3.63) is 47.3 Å². The molecular formula is C19H23N3O3. The summed E-state index contributed by atoms with van der Waals surface area (Å²) in [5.74, 6) is -0.576. The second kappa shape index (κ2) is 7.09. The number of likely N-dealkylation sites (tertiary alicyclic amines) is 1. The van der Waals surface area contributed by atoms with Gasteiger partial charge < -0.3 is 10.0 Å². The molecule has 0 atom stereocenters. The van der Waals surface area contributed by atoms with Crippen LogP contribution in [0.25, 0.3) is 5.69 Å². The maximum Gasteiger partial charge on any atom is 0.303 e. The fourth-order valence-corrected chi connectivity index (χ4v) is 3.41. The molecule has 1 amide bonds. The maximum absolute atomic E-state index is 12.6. The highest BCUT2D eigenvalue weighted by molar-refractivity contribution is 5.94. The molecule has 1 aliphatic heterocycles. The van der Waals surface area contributed by atoms with Crippen molar-refractivity contribution in [3.63, 3.8) is 0 Å². The van der Waals surface area contributed by atoms with Crippen LogP contribution in [-0.2, 0) is 4.79 Å². The monoisotopic (exact) mass is 341 g/mol. The van der Waals surface area contributed by atoms with Crippen LogP contribution in [0.3, 0.4) is 0 Å². The number of nitrogens with zero attached hydrogens (tertiary/aromatic N) is 3. The first-order valence-electron chi connectivity index (χ1n) is 8.59. The summed E-state index contributed by atoms with van der Waals surface area (Å²) in [5.41, 5.74) is 3.60. The first-order valence-corrected chi connectivity index (χ1v) is 8.59. The zero-order valence-corrected chi connectivity index (χ0v) is 14.6. The van der Waals surface area contributed by atoms with E-state index in [1.54, 1.807) is 0 Å². The van der Waals surface area contributed by atoms with Crippen molar-refractivity contribution < 1.29 is 14.7 Å². The number of carboxylic acids is 1. The summed E-state index contributed by atoms with van der Waals surface area (Å²) in [5, 5.41) is 13.3. The number of aromatic nitrogens is 2. The molecule has 0 spiro atoms. The zero-order valence-electron chi connectivity index (χ0n) is 14.6. The van der Waals surface area contributed by atoms with Crippen LogP contribution in [0.5, 0.6) is 0 Å². The SMILES string of the molecule is Cc1cc(C)n(-c2ccc(C(=O)N3CCC(CC(=O)O)CC3)cc2)n1. The molecule has 0 radical (unpaired) electrons. The van der Waals surface area contributed by atoms with E-state index in [4.69, 9.17) is 5.11 Å². The molecule has 1 aromatic heterocycles. The van der Waals surface area contributed by atoms with Gasteiger partial charge in [0.05, 0.1) is 11.4 Å². The third kappa shape index (κ3) is 3.90. The Balaban J connectivity index is 1.65. The Labute approximate surface area is 147 Å². The van der Waals surface area contributed by atoms with Gasteiger partial charge >= 0.3 is 5.97 Å². The van der Waals surface area contributed by atoms with Gasteiger partial charge in [-0.25, -0.2) is 4.68 Å². The van der Waals surface area contributed by atoms with Crippen LogP contribution in [0, 0.1) is 19.8 Å². The fraction of sp³-hybridized carbons (Fsp3) is 0.421. The molecule has 132 valence electrons. The molecule has 0 unspecified atom stereocenters. The second-order valence-corrected chi connectivity index (χ2v) is 6.72. The van der Waals surface area contributed by atoms with Crippen LogP contribution in [0.15, 0.2) is 30.3 Å². The lowest BCUT2D eigenvalue weighted by molar-refractivity contribution is -0.138. The lowest BCUT2D eigenvalue weighted by Crippen LogP contribution is -2.38. The van der Waals surface area contributed by atoms with Gasteiger partial charge in [-0.15, -0.1) is 0 Å². The molecule has 25 heavy (non-hydrogen) atoms. The highest BCUT2D eigenvalue weighted by Gasteiger charge is 2.25. The molecule has 1 N–H and O–H groups in total. The number of amides is 1. The number of benzene rings is 1. The van der Waals surface area contributed by atoms with Crippen LogP contribution < -0.4 is 0 Å². The largest absolute Gasteiger partial charge is 0.481 e. The molecule has 2 heterocycles. The van der Waals surface area contributed by atoms with Gasteiger partial charge in [0.15, 0.2) is 0 Å². The van der Waals surface area contributed by atoms with Crippen molar-refractivity contribution in [2.24, 2.45) is 5.92 Å². The van der Waals surface area contributed by atoms with Gasteiger partial charge in [0.25, 0.3) is 5.91 Å². The third-order valence-electron chi connectivity index (χ3n) is 4.73. The minimum atomic E-state index is -0.760. The minimum absolute atomic E-state index is 0.00805. The van der Waals surface area contributed by atoms with Crippen molar-refractivity contribution >= 4 is 11.9 Å². The van der Waals surface area contributed by atoms with Gasteiger partial charge in [-0.1, -0.05) is 0 Å². The normalized spacial score (nSPS) is 15.4. The molecular weight excluding hydrogens is 318 g/mol. The van der Waals surface area contributed by atoms with Crippen LogP contribution >= 0.6 is 0 Å². The van der Waals surface area contributed by atoms with E-state index < -0.39 is 5.97 Å². The summed E-state index contributed by atoms with van der Waals surface area (Å²) < 4.78 is 1.86. The molecule has 1 aromatic carbocycles. The van der Waals surface area contributed by atoms with Gasteiger partial charge in [-0.2, -0.15) is 5.10 Å². The van der Waals surface area contributed by atoms with Gasteiger partial charge in [-0.3, -0.25) is 9.59 Å². The predicted molar refractivity (Wildman–Crippen MR) is 93.9 cm³/mol. The fourth-order valence-electron chi connectivity index (χ4n) is 3.41. The average molecular weight is 341 g/mol. The summed E-state index contributed by atoms with van der Waals surface area (Å²) in [6, 6.07) is 9.49. The van der Waals surface area contributed by atoms with E-state index in [9.17, 15) is 9.59 Å². The highest BCUT2D eigenvalue weighted by atomic mass is 16.4. The Morgan fingerprint density at radius 3 is 2.32 bits per heavy atom. The third-order valence-corrected chi connectivity index (χ3v) is 4.73. The van der Waals surface area contributed by atoms with Crippen LogP contribution in [0.2, 0.25) is 0 Å². The highest BCUT2D eigenvalue weighted by Crippen LogP contribution is 2.22. The Kier molecular flexibility index (Phi) is 4.88. The van der Waals surface area contributed by atoms with Gasteiger partial charge in [0.2, 0.25) is 0 Å². The second-order valence-electron chi connectivity index (χ2n) is 6.72. The summed E-state index contributed by atoms with van der Waals surface area (Å²) in [6.07, 6.45) is 1.70. The molecule has 6 heteroatoms. The first kappa shape index (κ1) is 17.2. The molecule has 3 rings (SSSR count). The van der Waals surface area contributed by atoms with E-state index in [0.717, 1.165) is 29.9 Å². The van der Waals surface area contributed by atoms with Gasteiger partial charge in [-0.05, 0) is 62.9 Å². The number of hydrogen-bond acceptors (Lipinski definition) is 3. The van der Waals surface area contributed by atoms with Gasteiger partial charge in [0, 0.05) is 30.8 Å². The van der Waals surface area contributed by atoms with Crippen LogP contribution in [0.1, 0.15) is 41.0 Å². The molecule has 0 bridgehead atoms. The zero-order chi connectivity index (χ0) is 18.0. The smallest absolute Gasteiger partial charge is 0.303 e. The van der Waals surface area contributed by atoms with E-state index in [1.165, 1.54) is 0 Å². The molecule has 1 saturated heterocycles. The van der Waals surface area contributed by atoms with E-state index in [0.29, 0.717) is 18.7 Å². The summed E-state index contributed by atoms with van der Waals surface area (Å²) in [4.78, 5) is 25.2. The van der Waals surface area contributed by atoms with Crippen LogP contribution in [-0.4, -0.2) is 44.8 Å². The van der Waals surface area contributed by atoms with Crippen molar-refractivity contribution in [3.8, 4) is 5.69 Å². The van der Waals surface area contributed by atoms with Crippen LogP contribution in [0.4, 0.5) is 0 Å². The summed E-state index contributed by atoms with van der Waals surface area (Å²) in [7, 11) is 0. The standard InChI is InChI=1S/C19H23N3O3/c1-13-11-14(2)22(20-13)17-5-3-16(4-6-17)19(25)21-9-7-15(8-10-21)12-18(23)24/h3-6,11,15H,7-10,12H2,1-2H3,(H,23,24). The molecule has 1 fully saturated rings. The first-order chi connectivity index (χ1) is 11.9. The van der Waals surface area contributed by atoms with E-state index in [1.807, 2.05) is 53.8 Å². The Morgan fingerprint density at radius 1 is 1.16 bits per heavy atom. The number of piperidine rings is 1. The lowest BCUT2D eigenvalue weighted by Gasteiger charge is -2.31. The molecule has 0 saturated carbocycles. The number of aryl methyl sites for hydroxylation is 2. The molecule has 2 aromatic rings.